The number of ether oxygens (including phenoxy) is 1. The summed E-state index contributed by atoms with van der Waals surface area (Å²) in [6.07, 6.45) is 0. The van der Waals surface area contributed by atoms with Crippen molar-refractivity contribution in [3.63, 3.8) is 0 Å². The van der Waals surface area contributed by atoms with E-state index in [-0.39, 0.29) is 5.56 Å². The van der Waals surface area contributed by atoms with E-state index in [1.54, 1.807) is 12.1 Å². The Bertz CT molecular complexity index is 965. The number of esters is 1. The Hall–Kier alpha value is -2.70. The fourth-order valence-electron chi connectivity index (χ4n) is 2.90. The van der Waals surface area contributed by atoms with Gasteiger partial charge in [-0.3, -0.25) is 4.21 Å². The molecule has 2 unspecified atom stereocenters. The molecule has 3 aromatic rings. The predicted octanol–water partition coefficient (Wildman–Crippen LogP) is 3.18. The number of carbonyl (C=O) groups is 1. The number of carbonyl (C=O) groups excluding carboxylic acids is 1. The van der Waals surface area contributed by atoms with E-state index in [1.165, 1.54) is 25.3 Å². The van der Waals surface area contributed by atoms with Gasteiger partial charge in [0.05, 0.1) is 17.9 Å². The molecule has 25 heavy (non-hydrogen) atoms. The van der Waals surface area contributed by atoms with Gasteiger partial charge in [0.1, 0.15) is 0 Å². The fourth-order valence-corrected chi connectivity index (χ4v) is 3.72. The van der Waals surface area contributed by atoms with Gasteiger partial charge < -0.3 is 15.0 Å². The summed E-state index contributed by atoms with van der Waals surface area (Å²) in [5.74, 6) is -0.547. The number of hydrogen-bond acceptors (Lipinski definition) is 5. The summed E-state index contributed by atoms with van der Waals surface area (Å²) in [6.45, 7) is 0. The summed E-state index contributed by atoms with van der Waals surface area (Å²) < 4.78 is 28.9. The molecule has 0 aliphatic heterocycles. The number of nitrogens with two attached hydrogens (primary N) is 1. The number of nitrogen functional groups attached to an aromatic ring is 1. The van der Waals surface area contributed by atoms with Crippen LogP contribution in [0.15, 0.2) is 60.7 Å². The van der Waals surface area contributed by atoms with Crippen LogP contribution in [0.5, 0.6) is 0 Å². The molecule has 0 saturated carbocycles. The van der Waals surface area contributed by atoms with Crippen molar-refractivity contribution >= 4 is 33.5 Å². The molecule has 0 spiro atoms. The van der Waals surface area contributed by atoms with Crippen LogP contribution in [0.1, 0.15) is 26.7 Å². The van der Waals surface area contributed by atoms with E-state index in [9.17, 15) is 13.6 Å². The van der Waals surface area contributed by atoms with Gasteiger partial charge in [-0.2, -0.15) is 0 Å². The zero-order valence-electron chi connectivity index (χ0n) is 13.5. The number of anilines is 1. The van der Waals surface area contributed by atoms with Crippen molar-refractivity contribution in [3.8, 4) is 0 Å². The van der Waals surface area contributed by atoms with E-state index in [2.05, 4.69) is 0 Å². The predicted molar refractivity (Wildman–Crippen MR) is 96.9 cm³/mol. The maximum atomic E-state index is 12.1. The highest BCUT2D eigenvalue weighted by Crippen LogP contribution is 2.36. The minimum absolute atomic E-state index is 0.252. The zero-order valence-corrected chi connectivity index (χ0v) is 14.3. The van der Waals surface area contributed by atoms with Gasteiger partial charge in [0.2, 0.25) is 0 Å². The van der Waals surface area contributed by atoms with E-state index in [0.717, 1.165) is 10.8 Å². The monoisotopic (exact) mass is 354 g/mol. The maximum Gasteiger partial charge on any atom is 0.337 e. The van der Waals surface area contributed by atoms with Crippen LogP contribution >= 0.6 is 0 Å². The van der Waals surface area contributed by atoms with E-state index in [1.807, 2.05) is 30.3 Å². The van der Waals surface area contributed by atoms with E-state index >= 15 is 0 Å². The minimum Gasteiger partial charge on any atom is -0.772 e. The van der Waals surface area contributed by atoms with Crippen molar-refractivity contribution in [2.75, 3.05) is 12.8 Å². The lowest BCUT2D eigenvalue weighted by atomic mass is 9.96. The number of hydrogen-bond donors (Lipinski definition) is 1. The highest BCUT2D eigenvalue weighted by molar-refractivity contribution is 7.79. The topological polar surface area (TPSA) is 92.5 Å². The van der Waals surface area contributed by atoms with Gasteiger partial charge in [0.15, 0.2) is 0 Å². The number of rotatable bonds is 4. The number of benzene rings is 3. The summed E-state index contributed by atoms with van der Waals surface area (Å²) in [4.78, 5) is 11.8. The van der Waals surface area contributed by atoms with Crippen molar-refractivity contribution in [1.82, 2.24) is 0 Å². The van der Waals surface area contributed by atoms with Gasteiger partial charge in [-0.25, -0.2) is 4.79 Å². The molecule has 2 atom stereocenters. The first-order valence-electron chi connectivity index (χ1n) is 7.56. The van der Waals surface area contributed by atoms with Gasteiger partial charge in [-0.05, 0) is 51.2 Å². The highest BCUT2D eigenvalue weighted by Gasteiger charge is 2.21. The molecule has 0 radical (unpaired) electrons. The molecule has 5 nitrogen and oxygen atoms in total. The van der Waals surface area contributed by atoms with Crippen molar-refractivity contribution in [3.05, 3.63) is 77.4 Å². The molecule has 3 rings (SSSR count). The van der Waals surface area contributed by atoms with E-state index < -0.39 is 22.3 Å². The van der Waals surface area contributed by atoms with Crippen molar-refractivity contribution < 1.29 is 18.3 Å². The van der Waals surface area contributed by atoms with Gasteiger partial charge in [0.25, 0.3) is 0 Å². The molecule has 6 heteroatoms. The molecular weight excluding hydrogens is 338 g/mol. The third kappa shape index (κ3) is 3.26. The lowest BCUT2D eigenvalue weighted by Gasteiger charge is -2.24. The smallest absolute Gasteiger partial charge is 0.337 e. The largest absolute Gasteiger partial charge is 0.772 e. The van der Waals surface area contributed by atoms with Gasteiger partial charge in [-0.1, -0.05) is 42.5 Å². The van der Waals surface area contributed by atoms with Crippen LogP contribution in [-0.2, 0) is 15.8 Å². The Morgan fingerprint density at radius 3 is 2.52 bits per heavy atom. The molecule has 0 aliphatic carbocycles. The van der Waals surface area contributed by atoms with E-state index in [0.29, 0.717) is 16.8 Å². The summed E-state index contributed by atoms with van der Waals surface area (Å²) in [5, 5.41) is 0.760. The lowest BCUT2D eigenvalue weighted by Crippen LogP contribution is -2.12. The molecule has 0 saturated heterocycles. The first-order chi connectivity index (χ1) is 12.0. The Labute approximate surface area is 147 Å². The summed E-state index contributed by atoms with van der Waals surface area (Å²) in [7, 11) is 1.27. The second-order valence-corrected chi connectivity index (χ2v) is 6.54. The Balaban J connectivity index is 2.23. The zero-order chi connectivity index (χ0) is 18.0. The summed E-state index contributed by atoms with van der Waals surface area (Å²) in [6, 6.07) is 17.5. The SMILES string of the molecule is COC(=O)c1ccc(N)c(C(c2cccc3ccccc23)S(=O)[O-])c1. The average Bonchev–Trinajstić information content (AvgIpc) is 2.62. The molecule has 128 valence electrons. The average molecular weight is 354 g/mol. The second-order valence-electron chi connectivity index (χ2n) is 5.54. The molecule has 0 heterocycles. The molecule has 2 N–H and O–H groups in total. The molecule has 0 fully saturated rings. The molecule has 0 amide bonds. The normalized spacial score (nSPS) is 13.4. The number of methoxy groups -OCH3 is 1. The van der Waals surface area contributed by atoms with Crippen LogP contribution in [-0.4, -0.2) is 21.8 Å². The summed E-state index contributed by atoms with van der Waals surface area (Å²) >= 11 is -2.48. The molecule has 0 bridgehead atoms. The second kappa shape index (κ2) is 7.04. The fraction of sp³-hybridized carbons (Fsp3) is 0.105. The maximum absolute atomic E-state index is 12.1. The van der Waals surface area contributed by atoms with Crippen LogP contribution in [0.4, 0.5) is 5.69 Å². The molecule has 0 aromatic heterocycles. The lowest BCUT2D eigenvalue weighted by molar-refractivity contribution is 0.0600. The quantitative estimate of drug-likeness (QED) is 0.441. The van der Waals surface area contributed by atoms with Crippen LogP contribution in [0.25, 0.3) is 10.8 Å². The van der Waals surface area contributed by atoms with Crippen molar-refractivity contribution in [1.29, 1.82) is 0 Å². The van der Waals surface area contributed by atoms with Gasteiger partial charge >= 0.3 is 5.97 Å². The molecule has 0 aliphatic rings. The Kier molecular flexibility index (Phi) is 4.83. The Morgan fingerprint density at radius 1 is 1.08 bits per heavy atom. The molecule has 3 aromatic carbocycles. The first-order valence-corrected chi connectivity index (χ1v) is 8.70. The van der Waals surface area contributed by atoms with Gasteiger partial charge in [-0.15, -0.1) is 0 Å². The first kappa shape index (κ1) is 17.1. The van der Waals surface area contributed by atoms with Crippen LogP contribution < -0.4 is 5.73 Å². The Morgan fingerprint density at radius 2 is 1.80 bits per heavy atom. The highest BCUT2D eigenvalue weighted by atomic mass is 32.2. The van der Waals surface area contributed by atoms with Crippen LogP contribution in [0, 0.1) is 0 Å². The van der Waals surface area contributed by atoms with Crippen LogP contribution in [0.3, 0.4) is 0 Å². The van der Waals surface area contributed by atoms with Crippen molar-refractivity contribution in [2.24, 2.45) is 0 Å². The third-order valence-corrected chi connectivity index (χ3v) is 4.98. The minimum atomic E-state index is -2.48. The van der Waals surface area contributed by atoms with Gasteiger partial charge in [0, 0.05) is 5.69 Å². The van der Waals surface area contributed by atoms with Crippen molar-refractivity contribution in [2.45, 2.75) is 5.25 Å². The number of fused-ring (bicyclic) bond motifs is 1. The van der Waals surface area contributed by atoms with E-state index in [4.69, 9.17) is 10.5 Å². The molecular formula is C19H16NO4S-. The standard InChI is InChI=1S/C19H17NO4S/c1-24-19(21)13-9-10-17(20)16(11-13)18(25(22)23)15-8-4-6-12-5-2-3-7-14(12)15/h2-11,18H,20H2,1H3,(H,22,23)/p-1. The third-order valence-electron chi connectivity index (χ3n) is 4.09. The summed E-state index contributed by atoms with van der Waals surface area (Å²) in [5.41, 5.74) is 7.54. The van der Waals surface area contributed by atoms with Crippen LogP contribution in [0.2, 0.25) is 0 Å².